The zero-order valence-corrected chi connectivity index (χ0v) is 20.2. The molecule has 35 heavy (non-hydrogen) atoms. The minimum Gasteiger partial charge on any atom is -0.488 e. The summed E-state index contributed by atoms with van der Waals surface area (Å²) in [6.07, 6.45) is 0.219. The number of rotatable bonds is 8. The lowest BCUT2D eigenvalue weighted by atomic mass is 9.94. The number of nitrogens with two attached hydrogens (primary N) is 1. The molecule has 4 rings (SSSR count). The van der Waals surface area contributed by atoms with Gasteiger partial charge in [-0.25, -0.2) is 0 Å². The number of ether oxygens (including phenoxy) is 2. The van der Waals surface area contributed by atoms with Crippen LogP contribution >= 0.6 is 0 Å². The minimum atomic E-state index is -1.47. The molecule has 0 aromatic heterocycles. The van der Waals surface area contributed by atoms with Crippen molar-refractivity contribution in [1.82, 2.24) is 0 Å². The molecule has 2 atom stereocenters. The van der Waals surface area contributed by atoms with Crippen molar-refractivity contribution >= 4 is 11.9 Å². The van der Waals surface area contributed by atoms with E-state index >= 15 is 0 Å². The monoisotopic (exact) mass is 473 g/mol. The van der Waals surface area contributed by atoms with E-state index in [1.807, 2.05) is 93.6 Å². The van der Waals surface area contributed by atoms with E-state index in [-0.39, 0.29) is 24.5 Å². The van der Waals surface area contributed by atoms with Crippen molar-refractivity contribution in [1.29, 1.82) is 0 Å². The smallest absolute Gasteiger partial charge is 0.321 e. The number of benzene rings is 3. The molecule has 1 aliphatic carbocycles. The van der Waals surface area contributed by atoms with E-state index in [1.54, 1.807) is 0 Å². The highest BCUT2D eigenvalue weighted by atomic mass is 16.5. The predicted octanol–water partition coefficient (Wildman–Crippen LogP) is 4.79. The van der Waals surface area contributed by atoms with Crippen molar-refractivity contribution in [2.24, 2.45) is 11.7 Å². The van der Waals surface area contributed by atoms with E-state index in [2.05, 4.69) is 0 Å². The fourth-order valence-corrected chi connectivity index (χ4v) is 4.59. The van der Waals surface area contributed by atoms with Crippen molar-refractivity contribution in [3.63, 3.8) is 0 Å². The van der Waals surface area contributed by atoms with E-state index in [4.69, 9.17) is 15.2 Å². The van der Waals surface area contributed by atoms with Crippen molar-refractivity contribution in [2.45, 2.75) is 44.8 Å². The lowest BCUT2D eigenvalue weighted by Crippen LogP contribution is -2.43. The summed E-state index contributed by atoms with van der Waals surface area (Å²) in [5, 5.41) is 9.77. The van der Waals surface area contributed by atoms with Gasteiger partial charge in [-0.3, -0.25) is 9.59 Å². The summed E-state index contributed by atoms with van der Waals surface area (Å²) in [5.41, 5.74) is 11.1. The van der Waals surface area contributed by atoms with Crippen molar-refractivity contribution in [2.75, 3.05) is 6.61 Å². The lowest BCUT2D eigenvalue weighted by molar-refractivity contribution is -0.159. The van der Waals surface area contributed by atoms with Gasteiger partial charge in [0.15, 0.2) is 5.92 Å². The number of fused-ring (bicyclic) bond motifs is 3. The van der Waals surface area contributed by atoms with Crippen LogP contribution in [0.5, 0.6) is 5.75 Å². The van der Waals surface area contributed by atoms with Gasteiger partial charge in [0.25, 0.3) is 0 Å². The van der Waals surface area contributed by atoms with Crippen molar-refractivity contribution < 1.29 is 24.2 Å². The molecule has 0 saturated carbocycles. The van der Waals surface area contributed by atoms with Crippen LogP contribution in [0, 0.1) is 5.92 Å². The van der Waals surface area contributed by atoms with Gasteiger partial charge in [-0.15, -0.1) is 0 Å². The van der Waals surface area contributed by atoms with Gasteiger partial charge < -0.3 is 20.3 Å². The topological polar surface area (TPSA) is 98.9 Å². The SMILES string of the molecule is CC(C)(C)Oc1ccc(CC(N)C(C(=O)O)C(=O)OCC2c3ccccc3-c3ccccc32)cc1. The van der Waals surface area contributed by atoms with Gasteiger partial charge in [0.1, 0.15) is 18.0 Å². The van der Waals surface area contributed by atoms with Gasteiger partial charge in [-0.05, 0) is 67.1 Å². The fraction of sp³-hybridized carbons (Fsp3) is 0.310. The van der Waals surface area contributed by atoms with Gasteiger partial charge in [-0.1, -0.05) is 60.7 Å². The Balaban J connectivity index is 1.43. The minimum absolute atomic E-state index is 0.0577. The largest absolute Gasteiger partial charge is 0.488 e. The molecule has 1 aliphatic rings. The van der Waals surface area contributed by atoms with Crippen LogP contribution in [0.2, 0.25) is 0 Å². The second kappa shape index (κ2) is 9.92. The summed E-state index contributed by atoms with van der Waals surface area (Å²) in [5.74, 6) is -3.01. The summed E-state index contributed by atoms with van der Waals surface area (Å²) in [4.78, 5) is 24.9. The highest BCUT2D eigenvalue weighted by molar-refractivity contribution is 5.95. The molecule has 0 amide bonds. The number of carboxylic acids is 1. The maximum absolute atomic E-state index is 12.9. The first kappa shape index (κ1) is 24.5. The number of hydrogen-bond donors (Lipinski definition) is 2. The maximum Gasteiger partial charge on any atom is 0.321 e. The molecule has 0 aliphatic heterocycles. The molecule has 3 aromatic carbocycles. The molecule has 6 nitrogen and oxygen atoms in total. The zero-order chi connectivity index (χ0) is 25.2. The van der Waals surface area contributed by atoms with Crippen LogP contribution in [0.3, 0.4) is 0 Å². The first-order chi connectivity index (χ1) is 16.6. The number of carbonyl (C=O) groups excluding carboxylic acids is 1. The number of esters is 1. The van der Waals surface area contributed by atoms with E-state index in [9.17, 15) is 14.7 Å². The van der Waals surface area contributed by atoms with Crippen molar-refractivity contribution in [3.05, 3.63) is 89.5 Å². The number of carbonyl (C=O) groups is 2. The summed E-state index contributed by atoms with van der Waals surface area (Å²) < 4.78 is 11.4. The number of aliphatic carboxylic acids is 1. The molecule has 182 valence electrons. The zero-order valence-electron chi connectivity index (χ0n) is 20.2. The van der Waals surface area contributed by atoms with Crippen LogP contribution in [-0.4, -0.2) is 35.3 Å². The third kappa shape index (κ3) is 5.54. The molecular formula is C29H31NO5. The second-order valence-corrected chi connectivity index (χ2v) is 9.90. The highest BCUT2D eigenvalue weighted by Gasteiger charge is 2.36. The van der Waals surface area contributed by atoms with E-state index in [0.717, 1.165) is 27.8 Å². The highest BCUT2D eigenvalue weighted by Crippen LogP contribution is 2.44. The van der Waals surface area contributed by atoms with Gasteiger partial charge in [0.2, 0.25) is 0 Å². The third-order valence-corrected chi connectivity index (χ3v) is 6.12. The van der Waals surface area contributed by atoms with Crippen LogP contribution in [0.15, 0.2) is 72.8 Å². The summed E-state index contributed by atoms with van der Waals surface area (Å²) in [6.45, 7) is 5.94. The van der Waals surface area contributed by atoms with Crippen LogP contribution in [0.25, 0.3) is 11.1 Å². The van der Waals surface area contributed by atoms with Gasteiger partial charge in [-0.2, -0.15) is 0 Å². The molecule has 0 fully saturated rings. The molecule has 3 N–H and O–H groups in total. The standard InChI is InChI=1S/C29H31NO5/c1-29(2,3)35-19-14-12-18(13-15-19)16-25(30)26(27(31)32)28(33)34-17-24-22-10-6-4-8-20(22)21-9-5-7-11-23(21)24/h4-15,24-26H,16-17,30H2,1-3H3,(H,31,32). The van der Waals surface area contributed by atoms with E-state index in [0.29, 0.717) is 5.75 Å². The number of carboxylic acid groups (broad SMARTS) is 1. The van der Waals surface area contributed by atoms with Gasteiger partial charge in [0.05, 0.1) is 0 Å². The van der Waals surface area contributed by atoms with E-state index < -0.39 is 23.9 Å². The molecule has 0 radical (unpaired) electrons. The molecule has 2 unspecified atom stereocenters. The molecule has 3 aromatic rings. The molecular weight excluding hydrogens is 442 g/mol. The number of hydrogen-bond acceptors (Lipinski definition) is 5. The summed E-state index contributed by atoms with van der Waals surface area (Å²) >= 11 is 0. The average Bonchev–Trinajstić information content (AvgIpc) is 3.12. The van der Waals surface area contributed by atoms with Crippen LogP contribution in [0.4, 0.5) is 0 Å². The Morgan fingerprint density at radius 1 is 0.914 bits per heavy atom. The maximum atomic E-state index is 12.9. The quantitative estimate of drug-likeness (QED) is 0.361. The first-order valence-electron chi connectivity index (χ1n) is 11.8. The first-order valence-corrected chi connectivity index (χ1v) is 11.8. The van der Waals surface area contributed by atoms with Crippen LogP contribution in [-0.2, 0) is 20.7 Å². The summed E-state index contributed by atoms with van der Waals surface area (Å²) in [6, 6.07) is 22.3. The van der Waals surface area contributed by atoms with Crippen LogP contribution < -0.4 is 10.5 Å². The normalized spacial score (nSPS) is 14.5. The molecule has 6 heteroatoms. The third-order valence-electron chi connectivity index (χ3n) is 6.12. The Labute approximate surface area is 205 Å². The van der Waals surface area contributed by atoms with E-state index in [1.165, 1.54) is 0 Å². The van der Waals surface area contributed by atoms with Gasteiger partial charge in [0, 0.05) is 12.0 Å². The van der Waals surface area contributed by atoms with Crippen LogP contribution in [0.1, 0.15) is 43.4 Å². The Morgan fingerprint density at radius 3 is 1.97 bits per heavy atom. The Bertz CT molecular complexity index is 1170. The Hall–Kier alpha value is -3.64. The predicted molar refractivity (Wildman–Crippen MR) is 134 cm³/mol. The van der Waals surface area contributed by atoms with Gasteiger partial charge >= 0.3 is 11.9 Å². The summed E-state index contributed by atoms with van der Waals surface area (Å²) in [7, 11) is 0. The average molecular weight is 474 g/mol. The Morgan fingerprint density at radius 2 is 1.46 bits per heavy atom. The lowest BCUT2D eigenvalue weighted by Gasteiger charge is -2.22. The molecule has 0 spiro atoms. The second-order valence-electron chi connectivity index (χ2n) is 9.90. The fourth-order valence-electron chi connectivity index (χ4n) is 4.59. The van der Waals surface area contributed by atoms with Crippen molar-refractivity contribution in [3.8, 4) is 16.9 Å². The molecule has 0 heterocycles. The molecule has 0 bridgehead atoms. The Kier molecular flexibility index (Phi) is 6.94. The molecule has 0 saturated heterocycles.